The number of hydrogen-bond acceptors (Lipinski definition) is 8. The molecule has 0 aliphatic carbocycles. The zero-order valence-corrected chi connectivity index (χ0v) is 12.8. The molecule has 0 aliphatic heterocycles. The minimum atomic E-state index is -0.529. The minimum Gasteiger partial charge on any atom is -0.284 e. The van der Waals surface area contributed by atoms with Crippen LogP contribution in [0.15, 0.2) is 38.8 Å². The fraction of sp³-hybridized carbons (Fsp3) is 0.200. The summed E-state index contributed by atoms with van der Waals surface area (Å²) in [5.74, 6) is 0. The number of thiol groups is 2. The van der Waals surface area contributed by atoms with Crippen LogP contribution in [-0.4, -0.2) is 12.5 Å². The van der Waals surface area contributed by atoms with Gasteiger partial charge in [-0.25, -0.2) is 0 Å². The molecule has 2 aromatic rings. The van der Waals surface area contributed by atoms with Gasteiger partial charge in [0.25, 0.3) is 0 Å². The molecule has 0 aromatic heterocycles. The highest BCUT2D eigenvalue weighted by atomic mass is 32.2. The first-order chi connectivity index (χ1) is 8.36. The maximum absolute atomic E-state index is 10.7. The molecule has 2 rings (SSSR count). The second-order valence-electron chi connectivity index (χ2n) is 3.08. The van der Waals surface area contributed by atoms with Gasteiger partial charge in [-0.3, -0.25) is 19.2 Å². The Kier molecular flexibility index (Phi) is 5.32. The van der Waals surface area contributed by atoms with E-state index in [0.717, 1.165) is 0 Å². The summed E-state index contributed by atoms with van der Waals surface area (Å²) in [4.78, 5) is 43.5. The van der Waals surface area contributed by atoms with Crippen LogP contribution < -0.4 is 21.7 Å². The van der Waals surface area contributed by atoms with Crippen molar-refractivity contribution in [2.24, 2.45) is 0 Å². The molecule has 0 saturated heterocycles. The molecule has 2 aromatic carbocycles. The van der Waals surface area contributed by atoms with Gasteiger partial charge in [0.15, 0.2) is 0 Å². The summed E-state index contributed by atoms with van der Waals surface area (Å²) in [6.07, 6.45) is 3.60. The van der Waals surface area contributed by atoms with Gasteiger partial charge in [0, 0.05) is 0 Å². The molecule has 0 aliphatic rings. The molecule has 18 heavy (non-hydrogen) atoms. The molecule has 0 saturated carbocycles. The summed E-state index contributed by atoms with van der Waals surface area (Å²) in [6, 6.07) is 0. The van der Waals surface area contributed by atoms with E-state index in [2.05, 4.69) is 25.3 Å². The quantitative estimate of drug-likeness (QED) is 0.479. The van der Waals surface area contributed by atoms with Crippen LogP contribution in [0.5, 0.6) is 0 Å². The monoisotopic (exact) mass is 320 g/mol. The van der Waals surface area contributed by atoms with Gasteiger partial charge in [0.1, 0.15) is 0 Å². The van der Waals surface area contributed by atoms with Crippen molar-refractivity contribution in [1.82, 2.24) is 0 Å². The topological polar surface area (TPSA) is 68.3 Å². The molecule has 0 heterocycles. The molecule has 0 N–H and O–H groups in total. The van der Waals surface area contributed by atoms with Crippen LogP contribution in [0.1, 0.15) is 0 Å². The molecule has 0 amide bonds. The average molecular weight is 320 g/mol. The molecule has 0 fully saturated rings. The van der Waals surface area contributed by atoms with Crippen LogP contribution in [0, 0.1) is 0 Å². The number of rotatable bonds is 2. The summed E-state index contributed by atoms with van der Waals surface area (Å²) < 4.78 is 0. The summed E-state index contributed by atoms with van der Waals surface area (Å²) >= 11 is 10.0. The van der Waals surface area contributed by atoms with Crippen molar-refractivity contribution in [2.75, 3.05) is 12.5 Å². The van der Waals surface area contributed by atoms with E-state index in [-0.39, 0.29) is 20.6 Å². The van der Waals surface area contributed by atoms with Gasteiger partial charge in [0.05, 0.1) is 19.6 Å². The van der Waals surface area contributed by atoms with Crippen molar-refractivity contribution in [3.63, 3.8) is 0 Å². The zero-order valence-electron chi connectivity index (χ0n) is 9.34. The minimum absolute atomic E-state index is 0.179. The fourth-order valence-corrected chi connectivity index (χ4v) is 3.11. The van der Waals surface area contributed by atoms with Gasteiger partial charge < -0.3 is 0 Å². The van der Waals surface area contributed by atoms with E-state index in [0.29, 0.717) is 9.79 Å². The highest BCUT2D eigenvalue weighted by Crippen LogP contribution is 2.22. The summed E-state index contributed by atoms with van der Waals surface area (Å²) in [7, 11) is 0. The third-order valence-electron chi connectivity index (χ3n) is 2.09. The van der Waals surface area contributed by atoms with E-state index in [1.807, 2.05) is 0 Å². The smallest absolute Gasteiger partial charge is 0.241 e. The number of thioether (sulfide) groups is 2. The lowest BCUT2D eigenvalue weighted by atomic mass is 10.3. The van der Waals surface area contributed by atoms with Crippen molar-refractivity contribution < 1.29 is 0 Å². The Morgan fingerprint density at radius 1 is 0.667 bits per heavy atom. The van der Waals surface area contributed by atoms with E-state index in [1.54, 1.807) is 12.5 Å². The van der Waals surface area contributed by atoms with Crippen molar-refractivity contribution in [3.8, 4) is 0 Å². The van der Waals surface area contributed by atoms with E-state index >= 15 is 0 Å². The lowest BCUT2D eigenvalue weighted by molar-refractivity contribution is 1.05. The van der Waals surface area contributed by atoms with E-state index in [4.69, 9.17) is 0 Å². The van der Waals surface area contributed by atoms with Crippen molar-refractivity contribution in [1.29, 1.82) is 0 Å². The Hall–Kier alpha value is -0.440. The zero-order chi connectivity index (χ0) is 14.0. The third kappa shape index (κ3) is 2.61. The summed E-state index contributed by atoms with van der Waals surface area (Å²) in [5.41, 5.74) is -1.70. The lowest BCUT2D eigenvalue weighted by Gasteiger charge is -2.02. The largest absolute Gasteiger partial charge is 0.284 e. The molecule has 96 valence electrons. The van der Waals surface area contributed by atoms with Gasteiger partial charge in [-0.05, 0) is 12.5 Å². The molecule has 8 heteroatoms. The molecule has 0 unspecified atom stereocenters. The molecular formula is C10H8O4S4. The predicted octanol–water partition coefficient (Wildman–Crippen LogP) is 0.586. The normalized spacial score (nSPS) is 10.4. The van der Waals surface area contributed by atoms with Crippen LogP contribution in [0.25, 0.3) is 0 Å². The van der Waals surface area contributed by atoms with E-state index in [1.165, 1.54) is 23.5 Å². The summed E-state index contributed by atoms with van der Waals surface area (Å²) in [5, 5.41) is 0. The van der Waals surface area contributed by atoms with Crippen LogP contribution in [-0.2, 0) is 0 Å². The Bertz CT molecular complexity index is 656. The molecule has 0 spiro atoms. The molecular weight excluding hydrogens is 312 g/mol. The summed E-state index contributed by atoms with van der Waals surface area (Å²) in [6.45, 7) is 0. The highest BCUT2D eigenvalue weighted by Gasteiger charge is 2.18. The van der Waals surface area contributed by atoms with Crippen molar-refractivity contribution in [2.45, 2.75) is 19.6 Å². The molecule has 4 nitrogen and oxygen atoms in total. The van der Waals surface area contributed by atoms with Crippen LogP contribution in [0.4, 0.5) is 0 Å². The second kappa shape index (κ2) is 6.14. The van der Waals surface area contributed by atoms with Gasteiger partial charge in [0.2, 0.25) is 21.7 Å². The molecule has 0 bridgehead atoms. The Morgan fingerprint density at radius 3 is 1.11 bits per heavy atom. The van der Waals surface area contributed by atoms with Crippen LogP contribution >= 0.6 is 48.8 Å². The van der Waals surface area contributed by atoms with Gasteiger partial charge in [-0.15, -0.1) is 48.8 Å². The maximum Gasteiger partial charge on any atom is 0.241 e. The van der Waals surface area contributed by atoms with Gasteiger partial charge >= 0.3 is 0 Å². The third-order valence-corrected chi connectivity index (χ3v) is 4.85. The SMILES string of the molecule is CSc1c(SC)c(=O)c1=O.O=c1c(S)c(S)c1=O. The Labute approximate surface area is 121 Å². The fourth-order valence-electron chi connectivity index (χ4n) is 1.09. The van der Waals surface area contributed by atoms with Gasteiger partial charge in [-0.2, -0.15) is 0 Å². The maximum atomic E-state index is 10.7. The van der Waals surface area contributed by atoms with Crippen LogP contribution in [0.2, 0.25) is 0 Å². The average Bonchev–Trinajstić information content (AvgIpc) is 2.41. The van der Waals surface area contributed by atoms with Gasteiger partial charge in [-0.1, -0.05) is 0 Å². The highest BCUT2D eigenvalue weighted by molar-refractivity contribution is 8.01. The Balaban J connectivity index is 0.000000184. The van der Waals surface area contributed by atoms with E-state index in [9.17, 15) is 19.2 Å². The number of hydrogen-bond donors (Lipinski definition) is 2. The van der Waals surface area contributed by atoms with Crippen LogP contribution in [0.3, 0.4) is 0 Å². The van der Waals surface area contributed by atoms with Crippen molar-refractivity contribution in [3.05, 3.63) is 40.9 Å². The standard InChI is InChI=1S/C6H6O2S2.C4H2O2S2/c1-9-5-3(7)4(8)6(5)10-2;5-1-2(6)4(8)3(1)7/h1-2H3;7-8H. The predicted molar refractivity (Wildman–Crippen MR) is 80.8 cm³/mol. The molecule has 0 atom stereocenters. The van der Waals surface area contributed by atoms with E-state index < -0.39 is 10.9 Å². The first-order valence-corrected chi connectivity index (χ1v) is 7.83. The first-order valence-electron chi connectivity index (χ1n) is 4.49. The Morgan fingerprint density at radius 2 is 0.944 bits per heavy atom. The second-order valence-corrected chi connectivity index (χ2v) is 5.61. The molecule has 0 radical (unpaired) electrons. The first kappa shape index (κ1) is 15.6. The van der Waals surface area contributed by atoms with Crippen molar-refractivity contribution >= 4 is 48.8 Å². The lowest BCUT2D eigenvalue weighted by Crippen LogP contribution is -2.34.